The van der Waals surface area contributed by atoms with Crippen molar-refractivity contribution in [1.82, 2.24) is 78.9 Å². The summed E-state index contributed by atoms with van der Waals surface area (Å²) < 4.78 is 48.9. The van der Waals surface area contributed by atoms with Crippen molar-refractivity contribution in [1.29, 1.82) is 10.5 Å². The number of halogens is 3. The molecule has 3 fully saturated rings. The first-order valence-electron chi connectivity index (χ1n) is 46.7. The number of aromatic amines is 1. The highest BCUT2D eigenvalue weighted by Gasteiger charge is 2.42. The maximum atomic E-state index is 14.9. The van der Waals surface area contributed by atoms with Gasteiger partial charge in [0.15, 0.2) is 23.3 Å². The standard InChI is InChI=1S/C26H25FN6O5.C19H15ClFN3O3.C16H19N3.C14H17N3O2.C14H15N3.C10H11N3.C7H11N3O2/c1-26(2,3)38-25(37)32-11-17-23(24(32)36)18(9-16(29-17)22-14(10-28)5-4-6-15(22)27)33-8-7-21(30-33)31-12-19(34)20(35)13-31;1-19(2,3)27-18(26)24-9-14-16(17(24)25)11(20)7-13(23-14)15-10(8-22)5-4-6-12(15)21;1-3-11-18(12-4-2)16-10-13-19(17-16)14-15-8-6-5-7-9-15;18-12-9-16(10-13(12)19)14-6-7-17(15-14)8-11-4-2-1-3-5-11;1-2-6-13(7-3-1)12-17-11-8-14(15-17)16-9-4-5-10-16;11-10-6-7-13(12-10)8-9-4-2-1-3-5-9;11-5-3-10(4-6(5)12)7-1-2-8-9-7/h4-9,19-20,34-35H,11-13H2,1-3H3;4-7H,9H2,1-3H3;3-10,13H,1-2,11-12,14H2;1-7,12-13,18-19H,8-10H2;1-8,11H,9-10,12H2;1-7H,8H2,(H2,11,12);1-2,5-6,11-12H,3-4H2,(H,8,9)/t19-,20+;;;12-,13+;;;5-,6+. The zero-order valence-corrected chi connectivity index (χ0v) is 81.5. The quantitative estimate of drug-likeness (QED) is 0.0329. The van der Waals surface area contributed by atoms with Crippen molar-refractivity contribution in [3.63, 3.8) is 0 Å². The van der Waals surface area contributed by atoms with Crippen molar-refractivity contribution in [3.8, 4) is 40.3 Å². The molecule has 0 unspecified atom stereocenters. The van der Waals surface area contributed by atoms with Gasteiger partial charge in [-0.05, 0) is 106 Å². The number of carbonyl (C=O) groups is 4. The average Bonchev–Trinajstić information content (AvgIpc) is 1.59. The molecule has 36 nitrogen and oxygen atoms in total. The molecule has 39 heteroatoms. The van der Waals surface area contributed by atoms with Crippen molar-refractivity contribution < 1.29 is 68.1 Å². The molecule has 14 heterocycles. The van der Waals surface area contributed by atoms with Crippen LogP contribution in [0.5, 0.6) is 0 Å². The predicted octanol–water partition coefficient (Wildman–Crippen LogP) is 13.0. The second-order valence-corrected chi connectivity index (χ2v) is 36.9. The van der Waals surface area contributed by atoms with Gasteiger partial charge in [0.2, 0.25) is 0 Å². The summed E-state index contributed by atoms with van der Waals surface area (Å²) in [7, 11) is 0. The number of nitrogens with zero attached hydrogens (tertiary/aromatic N) is 22. The molecule has 3 saturated heterocycles. The Morgan fingerprint density at radius 2 is 0.869 bits per heavy atom. The van der Waals surface area contributed by atoms with Gasteiger partial charge in [0.25, 0.3) is 11.8 Å². The summed E-state index contributed by atoms with van der Waals surface area (Å²) in [5.74, 6) is 2.07. The van der Waals surface area contributed by atoms with Gasteiger partial charge < -0.3 is 70.3 Å². The molecule has 6 atom stereocenters. The van der Waals surface area contributed by atoms with E-state index in [9.17, 15) is 69.1 Å². The van der Waals surface area contributed by atoms with Gasteiger partial charge in [-0.3, -0.25) is 33.4 Å². The van der Waals surface area contributed by atoms with Crippen LogP contribution in [0.25, 0.3) is 28.2 Å². The number of pyridine rings is 2. The molecular formula is C106H113ClF2N24O12. The molecule has 0 spiro atoms. The number of rotatable bonds is 20. The summed E-state index contributed by atoms with van der Waals surface area (Å²) in [5.41, 5.74) is 9.94. The Hall–Kier alpha value is -16.3. The molecule has 0 radical (unpaired) electrons. The van der Waals surface area contributed by atoms with Crippen LogP contribution in [-0.4, -0.2) is 247 Å². The molecule has 0 saturated carbocycles. The minimum absolute atomic E-state index is 0.00660. The summed E-state index contributed by atoms with van der Waals surface area (Å²) in [6.07, 6.45) is 13.0. The number of nitrogen functional groups attached to an aromatic ring is 1. The molecule has 14 aromatic rings. The van der Waals surface area contributed by atoms with Gasteiger partial charge in [0, 0.05) is 127 Å². The molecule has 750 valence electrons. The highest BCUT2D eigenvalue weighted by molar-refractivity contribution is 6.35. The van der Waals surface area contributed by atoms with E-state index in [1.165, 1.54) is 75.5 Å². The number of nitrogens with one attached hydrogen (secondary N) is 1. The number of aliphatic hydroxyl groups is 6. The van der Waals surface area contributed by atoms with Gasteiger partial charge in [0.1, 0.15) is 34.5 Å². The monoisotopic (exact) mass is 1990 g/mol. The lowest BCUT2D eigenvalue weighted by atomic mass is 10.0. The summed E-state index contributed by atoms with van der Waals surface area (Å²) in [4.78, 5) is 71.5. The Kier molecular flexibility index (Phi) is 34.6. The second kappa shape index (κ2) is 48.0. The number of benzene rings is 6. The number of anilines is 6. The maximum absolute atomic E-state index is 14.9. The van der Waals surface area contributed by atoms with E-state index in [0.717, 1.165) is 85.4 Å². The number of nitrogens with two attached hydrogens (primary N) is 1. The minimum Gasteiger partial charge on any atom is -0.443 e. The largest absolute Gasteiger partial charge is 0.443 e. The van der Waals surface area contributed by atoms with E-state index < -0.39 is 83.5 Å². The number of nitriles is 2. The van der Waals surface area contributed by atoms with E-state index in [1.54, 1.807) is 71.0 Å². The van der Waals surface area contributed by atoms with Crippen molar-refractivity contribution in [2.24, 2.45) is 0 Å². The van der Waals surface area contributed by atoms with Crippen LogP contribution in [0, 0.1) is 34.3 Å². The number of H-pyrrole nitrogens is 1. The fourth-order valence-corrected chi connectivity index (χ4v) is 16.5. The van der Waals surface area contributed by atoms with Gasteiger partial charge in [-0.2, -0.15) is 41.1 Å². The molecule has 145 heavy (non-hydrogen) atoms. The number of hydrogen-bond donors (Lipinski definition) is 8. The molecule has 20 rings (SSSR count). The summed E-state index contributed by atoms with van der Waals surface area (Å²) in [6, 6.07) is 67.1. The van der Waals surface area contributed by atoms with E-state index in [2.05, 4.69) is 147 Å². The third-order valence-corrected chi connectivity index (χ3v) is 23.5. The Labute approximate surface area is 841 Å². The molecule has 6 aliphatic rings. The molecule has 8 aromatic heterocycles. The van der Waals surface area contributed by atoms with E-state index in [1.807, 2.05) is 156 Å². The van der Waals surface area contributed by atoms with Crippen molar-refractivity contribution in [2.75, 3.05) is 95.7 Å². The van der Waals surface area contributed by atoms with Crippen LogP contribution in [0.3, 0.4) is 0 Å². The Morgan fingerprint density at radius 3 is 1.28 bits per heavy atom. The molecule has 6 aromatic carbocycles. The van der Waals surface area contributed by atoms with Gasteiger partial charge in [-0.1, -0.05) is 169 Å². The van der Waals surface area contributed by atoms with Crippen molar-refractivity contribution in [3.05, 3.63) is 353 Å². The molecule has 0 bridgehead atoms. The molecular weight excluding hydrogens is 1870 g/mol. The van der Waals surface area contributed by atoms with Gasteiger partial charge in [-0.25, -0.2) is 42.8 Å². The third-order valence-electron chi connectivity index (χ3n) is 23.2. The van der Waals surface area contributed by atoms with E-state index in [0.29, 0.717) is 37.8 Å². The average molecular weight is 1990 g/mol. The Morgan fingerprint density at radius 1 is 0.483 bits per heavy atom. The van der Waals surface area contributed by atoms with Gasteiger partial charge in [0.05, 0.1) is 161 Å². The van der Waals surface area contributed by atoms with E-state index >= 15 is 0 Å². The molecule has 0 aliphatic carbocycles. The third kappa shape index (κ3) is 27.5. The lowest BCUT2D eigenvalue weighted by Crippen LogP contribution is -2.37. The van der Waals surface area contributed by atoms with Crippen molar-refractivity contribution >= 4 is 70.5 Å². The lowest BCUT2D eigenvalue weighted by Gasteiger charge is -2.23. The highest BCUT2D eigenvalue weighted by Crippen LogP contribution is 2.38. The zero-order valence-electron chi connectivity index (χ0n) is 80.8. The fraction of sp³-hybridized carbons (Fsp3) is 0.283. The Balaban J connectivity index is 0.000000139. The molecule has 4 amide bonds. The second-order valence-electron chi connectivity index (χ2n) is 36.5. The number of carbonyl (C=O) groups excluding carboxylic acids is 4. The lowest BCUT2D eigenvalue weighted by molar-refractivity contribution is 0.0230. The van der Waals surface area contributed by atoms with Crippen LogP contribution in [0.4, 0.5) is 53.3 Å². The first-order chi connectivity index (χ1) is 69.7. The number of aliphatic hydroxyl groups excluding tert-OH is 6. The van der Waals surface area contributed by atoms with Crippen LogP contribution < -0.4 is 30.2 Å². The van der Waals surface area contributed by atoms with Crippen LogP contribution in [-0.2, 0) is 48.7 Å². The highest BCUT2D eigenvalue weighted by atomic mass is 35.5. The summed E-state index contributed by atoms with van der Waals surface area (Å²) >= 11 is 6.23. The topological polar surface area (TPSA) is 448 Å². The number of imide groups is 2. The number of β-amino-alcohol motifs (C(OH)–C–C–N with tert-alkyl or cyclic N) is 6. The van der Waals surface area contributed by atoms with Crippen LogP contribution >= 0.6 is 11.6 Å². The number of ether oxygens (including phenoxy) is 2. The number of aromatic nitrogens is 14. The zero-order chi connectivity index (χ0) is 103. The fourth-order valence-electron chi connectivity index (χ4n) is 16.2. The van der Waals surface area contributed by atoms with Crippen LogP contribution in [0.1, 0.15) is 107 Å². The van der Waals surface area contributed by atoms with E-state index in [-0.39, 0.29) is 93.0 Å². The van der Waals surface area contributed by atoms with Gasteiger partial charge in [-0.15, -0.1) is 13.2 Å². The maximum Gasteiger partial charge on any atom is 0.417 e. The first-order valence-corrected chi connectivity index (χ1v) is 47.1. The summed E-state index contributed by atoms with van der Waals surface area (Å²) in [6.45, 7) is 26.0. The van der Waals surface area contributed by atoms with Gasteiger partial charge >= 0.3 is 12.2 Å². The number of amides is 4. The number of fused-ring (bicyclic) bond motifs is 2. The smallest absolute Gasteiger partial charge is 0.417 e. The first kappa shape index (κ1) is 104. The molecule has 9 N–H and O–H groups in total. The minimum atomic E-state index is -0.925. The van der Waals surface area contributed by atoms with Crippen molar-refractivity contribution in [2.45, 2.75) is 129 Å². The van der Waals surface area contributed by atoms with E-state index in [4.69, 9.17) is 26.8 Å². The Bertz CT molecular complexity index is 6850. The molecule has 6 aliphatic heterocycles. The van der Waals surface area contributed by atoms with Crippen LogP contribution in [0.2, 0.25) is 5.02 Å². The SMILES string of the molecule is C1=CCN(c2ccn(Cc3ccccc3)n2)C1.C=CCN(CC=C)c1ccn(Cc2ccccc2)n1.CC(C)(C)OC(=O)N1Cc2nc(-c3c(F)cccc3C#N)cc(-n3ccc(N4C[C@@H](O)[C@@H](O)C4)n3)c2C1=O.CC(C)(C)OC(=O)N1Cc2nc(-c3c(F)cccc3C#N)cc(Cl)c2C1=O.Nc1ccn(Cc2ccccc2)n1.O[C@@H]1CN(c2ccn(Cc3ccccc3)n2)C[C@@H]1O.O[C@@H]1CN(c2ccn[nH]2)C[C@@H]1O. The summed E-state index contributed by atoms with van der Waals surface area (Å²) in [5, 5.41) is 105. The number of hydrogen-bond acceptors (Lipinski definition) is 28. The normalized spacial score (nSPS) is 16.9. The van der Waals surface area contributed by atoms with Crippen LogP contribution in [0.15, 0.2) is 281 Å². The predicted molar refractivity (Wildman–Crippen MR) is 544 cm³/mol.